The van der Waals surface area contributed by atoms with Crippen LogP contribution < -0.4 is 30.7 Å². The fourth-order valence-corrected chi connectivity index (χ4v) is 5.63. The minimum Gasteiger partial charge on any atom is -0.494 e. The van der Waals surface area contributed by atoms with Crippen molar-refractivity contribution in [1.82, 2.24) is 41.2 Å². The molecule has 1 aliphatic rings. The zero-order valence-electron chi connectivity index (χ0n) is 31.0. The molecule has 1 saturated carbocycles. The molecule has 0 aliphatic heterocycles. The van der Waals surface area contributed by atoms with E-state index >= 15 is 0 Å². The van der Waals surface area contributed by atoms with E-state index in [1.165, 1.54) is 10.9 Å². The van der Waals surface area contributed by atoms with Gasteiger partial charge < -0.3 is 30.7 Å². The first-order valence-electron chi connectivity index (χ1n) is 18.0. The van der Waals surface area contributed by atoms with Crippen LogP contribution in [0.1, 0.15) is 98.4 Å². The first kappa shape index (κ1) is 43.6. The highest BCUT2D eigenvalue weighted by Crippen LogP contribution is 2.35. The Morgan fingerprint density at radius 3 is 1.54 bits per heavy atom. The molecule has 4 amide bonds. The molecule has 0 unspecified atom stereocenters. The molecule has 5 N–H and O–H groups in total. The summed E-state index contributed by atoms with van der Waals surface area (Å²) >= 11 is 0. The van der Waals surface area contributed by atoms with Crippen molar-refractivity contribution < 1.29 is 55.0 Å². The van der Waals surface area contributed by atoms with Crippen molar-refractivity contribution in [2.24, 2.45) is 0 Å². The third-order valence-corrected chi connectivity index (χ3v) is 8.36. The summed E-state index contributed by atoms with van der Waals surface area (Å²) in [4.78, 5) is 48.2. The van der Waals surface area contributed by atoms with E-state index in [0.29, 0.717) is 35.8 Å². The fourth-order valence-electron chi connectivity index (χ4n) is 5.63. The summed E-state index contributed by atoms with van der Waals surface area (Å²) in [6.45, 7) is 4.78. The predicted molar refractivity (Wildman–Crippen MR) is 193 cm³/mol. The number of hydrogen-bond acceptors (Lipinski definition) is 8. The van der Waals surface area contributed by atoms with Crippen LogP contribution in [0.2, 0.25) is 0 Å². The zero-order chi connectivity index (χ0) is 41.6. The Bertz CT molecular complexity index is 1940. The molecule has 308 valence electrons. The molecule has 57 heavy (non-hydrogen) atoms. The average Bonchev–Trinajstić information content (AvgIpc) is 3.98. The summed E-state index contributed by atoms with van der Waals surface area (Å²) in [6.07, 6.45) is -4.09. The average molecular weight is 809 g/mol. The van der Waals surface area contributed by atoms with Crippen LogP contribution >= 0.6 is 0 Å². The molecule has 1 fully saturated rings. The van der Waals surface area contributed by atoms with Crippen LogP contribution in [0, 0.1) is 0 Å². The fraction of sp³-hybridized carbons (Fsp3) is 0.405. The maximum absolute atomic E-state index is 13.3. The second-order valence-electron chi connectivity index (χ2n) is 12.4. The van der Waals surface area contributed by atoms with E-state index in [4.69, 9.17) is 9.47 Å². The molecule has 2 aromatic heterocycles. The number of aromatic nitrogens is 4. The summed E-state index contributed by atoms with van der Waals surface area (Å²) in [7, 11) is 0. The van der Waals surface area contributed by atoms with Gasteiger partial charge >= 0.3 is 12.4 Å². The lowest BCUT2D eigenvalue weighted by molar-refractivity contribution is -0.142. The monoisotopic (exact) mass is 808 g/mol. The second-order valence-corrected chi connectivity index (χ2v) is 12.4. The summed E-state index contributed by atoms with van der Waals surface area (Å²) in [5, 5.41) is 18.5. The van der Waals surface area contributed by atoms with Crippen molar-refractivity contribution in [1.29, 1.82) is 0 Å². The number of carbonyl (C=O) groups is 4. The number of carbonyl (C=O) groups excluding carboxylic acids is 4. The molecule has 2 aromatic carbocycles. The number of ether oxygens (including phenoxy) is 2. The first-order chi connectivity index (χ1) is 27.1. The SMILES string of the molecule is CCOc1ccc(C(=O)NCCNC(=O)c2cn(C3CCCC3)nc2C(F)(F)F)cc1.CCOc1ccc(C(=O)NCCNC(=O)c2cn[nH]c2C(F)(F)F)cc1. The molecule has 1 aliphatic carbocycles. The highest BCUT2D eigenvalue weighted by atomic mass is 19.4. The van der Waals surface area contributed by atoms with Crippen molar-refractivity contribution in [3.8, 4) is 11.5 Å². The molecule has 0 spiro atoms. The largest absolute Gasteiger partial charge is 0.494 e. The Hall–Kier alpha value is -6.08. The van der Waals surface area contributed by atoms with E-state index in [0.717, 1.165) is 31.9 Å². The van der Waals surface area contributed by atoms with E-state index in [1.54, 1.807) is 53.6 Å². The van der Waals surface area contributed by atoms with Crippen LogP contribution in [0.25, 0.3) is 0 Å². The van der Waals surface area contributed by atoms with E-state index in [-0.39, 0.29) is 44.0 Å². The maximum Gasteiger partial charge on any atom is 0.435 e. The quantitative estimate of drug-likeness (QED) is 0.0765. The summed E-state index contributed by atoms with van der Waals surface area (Å²) in [5.41, 5.74) is -2.70. The van der Waals surface area contributed by atoms with Gasteiger partial charge in [-0.15, -0.1) is 0 Å². The van der Waals surface area contributed by atoms with Crippen molar-refractivity contribution in [3.63, 3.8) is 0 Å². The molecule has 4 aromatic rings. The molecule has 2 heterocycles. The van der Waals surface area contributed by atoms with E-state index in [1.807, 2.05) is 13.8 Å². The standard InChI is InChI=1S/C21H25F3N4O3.C16H17F3N4O3/c1-2-31-16-9-7-14(8-10-16)19(29)25-11-12-26-20(30)17-13-28(15-5-3-4-6-15)27-18(17)21(22,23)24;1-2-26-11-5-3-10(4-6-11)14(24)20-7-8-21-15(25)12-9-22-23-13(12)16(17,18)19/h7-10,13,15H,2-6,11-12H2,1H3,(H,25,29)(H,26,30);3-6,9H,2,7-8H2,1H3,(H,20,24)(H,21,25)(H,22,23). The predicted octanol–water partition coefficient (Wildman–Crippen LogP) is 5.56. The molecular formula is C37H42F6N8O6. The molecular weight excluding hydrogens is 766 g/mol. The zero-order valence-corrected chi connectivity index (χ0v) is 31.0. The third kappa shape index (κ3) is 12.7. The lowest BCUT2D eigenvalue weighted by Crippen LogP contribution is -2.35. The minimum atomic E-state index is -4.72. The van der Waals surface area contributed by atoms with Gasteiger partial charge in [-0.3, -0.25) is 29.0 Å². The Morgan fingerprint density at radius 2 is 1.12 bits per heavy atom. The van der Waals surface area contributed by atoms with Crippen LogP contribution in [-0.2, 0) is 12.4 Å². The van der Waals surface area contributed by atoms with Gasteiger partial charge in [0, 0.05) is 43.5 Å². The van der Waals surface area contributed by atoms with Crippen molar-refractivity contribution in [2.75, 3.05) is 39.4 Å². The van der Waals surface area contributed by atoms with Gasteiger partial charge in [0.1, 0.15) is 11.5 Å². The van der Waals surface area contributed by atoms with Gasteiger partial charge in [0.05, 0.1) is 36.6 Å². The number of amides is 4. The van der Waals surface area contributed by atoms with Gasteiger partial charge in [-0.05, 0) is 75.2 Å². The van der Waals surface area contributed by atoms with Gasteiger partial charge in [-0.25, -0.2) is 0 Å². The summed E-state index contributed by atoms with van der Waals surface area (Å²) in [6, 6.07) is 12.9. The molecule has 20 heteroatoms. The lowest BCUT2D eigenvalue weighted by Gasteiger charge is -2.09. The van der Waals surface area contributed by atoms with Gasteiger partial charge in [0.2, 0.25) is 0 Å². The molecule has 0 saturated heterocycles. The van der Waals surface area contributed by atoms with E-state index in [2.05, 4.69) is 31.5 Å². The number of benzene rings is 2. The molecule has 0 atom stereocenters. The number of alkyl halides is 6. The number of hydrogen-bond donors (Lipinski definition) is 5. The summed E-state index contributed by atoms with van der Waals surface area (Å²) < 4.78 is 89.9. The highest BCUT2D eigenvalue weighted by Gasteiger charge is 2.40. The third-order valence-electron chi connectivity index (χ3n) is 8.36. The lowest BCUT2D eigenvalue weighted by atomic mass is 10.2. The smallest absolute Gasteiger partial charge is 0.435 e. The topological polar surface area (TPSA) is 181 Å². The minimum absolute atomic E-state index is 0.0203. The Kier molecular flexibility index (Phi) is 15.5. The van der Waals surface area contributed by atoms with Crippen molar-refractivity contribution in [3.05, 3.63) is 94.6 Å². The van der Waals surface area contributed by atoms with Gasteiger partial charge in [-0.2, -0.15) is 36.5 Å². The van der Waals surface area contributed by atoms with Crippen LogP contribution in [0.4, 0.5) is 26.3 Å². The highest BCUT2D eigenvalue weighted by molar-refractivity contribution is 5.97. The Morgan fingerprint density at radius 1 is 0.684 bits per heavy atom. The van der Waals surface area contributed by atoms with Crippen molar-refractivity contribution in [2.45, 2.75) is 57.9 Å². The van der Waals surface area contributed by atoms with Gasteiger partial charge in [0.25, 0.3) is 23.6 Å². The molecule has 0 radical (unpaired) electrons. The van der Waals surface area contributed by atoms with E-state index in [9.17, 15) is 45.5 Å². The van der Waals surface area contributed by atoms with Crippen molar-refractivity contribution >= 4 is 23.6 Å². The van der Waals surface area contributed by atoms with Crippen LogP contribution in [0.5, 0.6) is 11.5 Å². The van der Waals surface area contributed by atoms with Gasteiger partial charge in [0.15, 0.2) is 11.4 Å². The molecule has 0 bridgehead atoms. The van der Waals surface area contributed by atoms with Crippen LogP contribution in [0.15, 0.2) is 60.9 Å². The normalized spacial score (nSPS) is 12.9. The number of nitrogens with one attached hydrogen (secondary N) is 5. The second kappa shape index (κ2) is 20.2. The van der Waals surface area contributed by atoms with Crippen LogP contribution in [-0.4, -0.2) is 83.0 Å². The van der Waals surface area contributed by atoms with Crippen LogP contribution in [0.3, 0.4) is 0 Å². The number of H-pyrrole nitrogens is 1. The number of nitrogens with zero attached hydrogens (tertiary/aromatic N) is 3. The number of aromatic amines is 1. The summed E-state index contributed by atoms with van der Waals surface area (Å²) in [5.74, 6) is -1.25. The van der Waals surface area contributed by atoms with Gasteiger partial charge in [-0.1, -0.05) is 12.8 Å². The Balaban J connectivity index is 0.000000257. The van der Waals surface area contributed by atoms with E-state index < -0.39 is 46.7 Å². The molecule has 14 nitrogen and oxygen atoms in total. The number of rotatable bonds is 15. The first-order valence-corrected chi connectivity index (χ1v) is 18.0. The Labute approximate surface area is 323 Å². The number of halogens is 6. The maximum atomic E-state index is 13.3. The molecule has 5 rings (SSSR count).